The second-order valence-electron chi connectivity index (χ2n) is 7.00. The van der Waals surface area contributed by atoms with Crippen molar-refractivity contribution in [3.8, 4) is 5.75 Å². The van der Waals surface area contributed by atoms with Crippen molar-refractivity contribution in [1.82, 2.24) is 19.5 Å². The van der Waals surface area contributed by atoms with Crippen LogP contribution in [0.4, 0.5) is 5.95 Å². The predicted octanol–water partition coefficient (Wildman–Crippen LogP) is 1.72. The fourth-order valence-electron chi connectivity index (χ4n) is 3.60. The van der Waals surface area contributed by atoms with Crippen molar-refractivity contribution >= 4 is 36.5 Å². The number of nitrogens with zero attached hydrogens (tertiary/aromatic N) is 3. The highest BCUT2D eigenvalue weighted by atomic mass is 35.5. The standard InChI is InChI=1S/C17H19ClN5O6P/c18-10-2-1-3-11(5-10)29-30(26,27)28-7-12-9(6-24)4-13(12)23-8-20-14-15(23)21-17(19)22-16(14)25/h1-3,5,8-9,12-13,24H,4,6-7H2,(H,26,27)(H3,19,21,22,25). The average molecular weight is 456 g/mol. The van der Waals surface area contributed by atoms with E-state index < -0.39 is 13.4 Å². The molecule has 0 saturated heterocycles. The normalized spacial score (nSPS) is 23.1. The quantitative estimate of drug-likeness (QED) is 0.388. The van der Waals surface area contributed by atoms with Crippen LogP contribution in [-0.4, -0.2) is 42.7 Å². The van der Waals surface area contributed by atoms with Crippen LogP contribution in [0.2, 0.25) is 5.02 Å². The van der Waals surface area contributed by atoms with Crippen LogP contribution in [0.3, 0.4) is 0 Å². The number of aliphatic hydroxyl groups excluding tert-OH is 1. The third-order valence-electron chi connectivity index (χ3n) is 5.13. The minimum atomic E-state index is -4.43. The number of halogens is 1. The number of H-pyrrole nitrogens is 1. The summed E-state index contributed by atoms with van der Waals surface area (Å²) < 4.78 is 24.2. The number of hydrogen-bond acceptors (Lipinski definition) is 8. The number of benzene rings is 1. The minimum Gasteiger partial charge on any atom is -0.404 e. The molecule has 5 N–H and O–H groups in total. The Kier molecular flexibility index (Phi) is 5.56. The number of aliphatic hydroxyl groups is 1. The van der Waals surface area contributed by atoms with Crippen molar-refractivity contribution in [1.29, 1.82) is 0 Å². The summed E-state index contributed by atoms with van der Waals surface area (Å²) >= 11 is 5.85. The van der Waals surface area contributed by atoms with E-state index in [1.165, 1.54) is 18.5 Å². The zero-order valence-electron chi connectivity index (χ0n) is 15.5. The number of hydrogen-bond donors (Lipinski definition) is 4. The molecule has 0 amide bonds. The summed E-state index contributed by atoms with van der Waals surface area (Å²) in [6.45, 7) is -0.291. The van der Waals surface area contributed by atoms with Gasteiger partial charge in [0.05, 0.1) is 12.9 Å². The van der Waals surface area contributed by atoms with Crippen LogP contribution < -0.4 is 15.8 Å². The molecule has 1 aliphatic carbocycles. The van der Waals surface area contributed by atoms with Gasteiger partial charge in [-0.05, 0) is 30.5 Å². The van der Waals surface area contributed by atoms with Crippen molar-refractivity contribution in [3.05, 3.63) is 46.0 Å². The molecule has 11 nitrogen and oxygen atoms in total. The van der Waals surface area contributed by atoms with Crippen LogP contribution in [0.5, 0.6) is 5.75 Å². The summed E-state index contributed by atoms with van der Waals surface area (Å²) in [7, 11) is -4.43. The van der Waals surface area contributed by atoms with Crippen LogP contribution in [0.1, 0.15) is 12.5 Å². The molecule has 0 radical (unpaired) electrons. The molecule has 13 heteroatoms. The third-order valence-corrected chi connectivity index (χ3v) is 6.29. The van der Waals surface area contributed by atoms with E-state index in [4.69, 9.17) is 26.4 Å². The molecule has 0 spiro atoms. The Bertz CT molecular complexity index is 1180. The number of aromatic amines is 1. The number of nitrogens with two attached hydrogens (primary N) is 1. The highest BCUT2D eigenvalue weighted by molar-refractivity contribution is 7.47. The van der Waals surface area contributed by atoms with Gasteiger partial charge in [0.25, 0.3) is 5.56 Å². The number of nitrogen functional groups attached to an aromatic ring is 1. The van der Waals surface area contributed by atoms with Gasteiger partial charge in [-0.3, -0.25) is 19.2 Å². The first-order valence-corrected chi connectivity index (χ1v) is 10.9. The number of fused-ring (bicyclic) bond motifs is 1. The van der Waals surface area contributed by atoms with Crippen LogP contribution in [-0.2, 0) is 9.09 Å². The Hall–Kier alpha value is -2.43. The van der Waals surface area contributed by atoms with Gasteiger partial charge in [0.15, 0.2) is 11.2 Å². The van der Waals surface area contributed by atoms with Gasteiger partial charge < -0.3 is 19.9 Å². The Morgan fingerprint density at radius 3 is 2.97 bits per heavy atom. The number of nitrogens with one attached hydrogen (secondary N) is 1. The topological polar surface area (TPSA) is 166 Å². The van der Waals surface area contributed by atoms with E-state index in [0.29, 0.717) is 17.1 Å². The first-order valence-electron chi connectivity index (χ1n) is 9.03. The monoisotopic (exact) mass is 455 g/mol. The second kappa shape index (κ2) is 8.01. The van der Waals surface area contributed by atoms with Gasteiger partial charge in [-0.25, -0.2) is 9.55 Å². The maximum atomic E-state index is 12.3. The maximum absolute atomic E-state index is 12.3. The third kappa shape index (κ3) is 4.07. The Balaban J connectivity index is 1.51. The van der Waals surface area contributed by atoms with E-state index in [2.05, 4.69) is 15.0 Å². The molecule has 3 aromatic rings. The summed E-state index contributed by atoms with van der Waals surface area (Å²) in [5.74, 6) is -0.456. The zero-order chi connectivity index (χ0) is 21.5. The van der Waals surface area contributed by atoms with Crippen molar-refractivity contribution in [3.63, 3.8) is 0 Å². The van der Waals surface area contributed by atoms with Crippen LogP contribution in [0.15, 0.2) is 35.4 Å². The van der Waals surface area contributed by atoms with Crippen molar-refractivity contribution < 1.29 is 23.6 Å². The first-order chi connectivity index (χ1) is 14.3. The first kappa shape index (κ1) is 20.8. The lowest BCUT2D eigenvalue weighted by atomic mass is 9.70. The second-order valence-corrected chi connectivity index (χ2v) is 8.81. The maximum Gasteiger partial charge on any atom is 0.527 e. The highest BCUT2D eigenvalue weighted by Crippen LogP contribution is 2.50. The lowest BCUT2D eigenvalue weighted by Crippen LogP contribution is -2.43. The van der Waals surface area contributed by atoms with Crippen LogP contribution in [0, 0.1) is 11.8 Å². The van der Waals surface area contributed by atoms with E-state index in [0.717, 1.165) is 0 Å². The van der Waals surface area contributed by atoms with Gasteiger partial charge in [0.2, 0.25) is 5.95 Å². The van der Waals surface area contributed by atoms with Gasteiger partial charge in [-0.2, -0.15) is 4.98 Å². The van der Waals surface area contributed by atoms with Gasteiger partial charge in [0.1, 0.15) is 5.75 Å². The lowest BCUT2D eigenvalue weighted by Gasteiger charge is -2.44. The molecule has 1 aromatic carbocycles. The van der Waals surface area contributed by atoms with E-state index in [9.17, 15) is 19.4 Å². The molecule has 0 aliphatic heterocycles. The molecule has 4 unspecified atom stereocenters. The average Bonchev–Trinajstić information content (AvgIpc) is 3.04. The van der Waals surface area contributed by atoms with Crippen molar-refractivity contribution in [2.24, 2.45) is 11.8 Å². The molecular formula is C17H19ClN5O6P. The molecule has 4 atom stereocenters. The molecule has 2 heterocycles. The summed E-state index contributed by atoms with van der Waals surface area (Å²) in [5, 5.41) is 9.97. The van der Waals surface area contributed by atoms with E-state index >= 15 is 0 Å². The summed E-state index contributed by atoms with van der Waals surface area (Å²) in [6, 6.07) is 5.79. The Morgan fingerprint density at radius 1 is 1.43 bits per heavy atom. The van der Waals surface area contributed by atoms with E-state index in [1.807, 2.05) is 0 Å². The van der Waals surface area contributed by atoms with Gasteiger partial charge >= 0.3 is 7.82 Å². The SMILES string of the molecule is Nc1nc2c(ncn2C2CC(CO)C2COP(=O)(O)Oc2cccc(Cl)c2)c(=O)[nH]1. The summed E-state index contributed by atoms with van der Waals surface area (Å²) in [5.41, 5.74) is 5.60. The predicted molar refractivity (Wildman–Crippen MR) is 108 cm³/mol. The molecule has 1 aliphatic rings. The van der Waals surface area contributed by atoms with Gasteiger partial charge in [0, 0.05) is 23.6 Å². The molecule has 160 valence electrons. The van der Waals surface area contributed by atoms with Crippen molar-refractivity contribution in [2.75, 3.05) is 18.9 Å². The fraction of sp³-hybridized carbons (Fsp3) is 0.353. The molecule has 30 heavy (non-hydrogen) atoms. The fourth-order valence-corrected chi connectivity index (χ4v) is 4.58. The van der Waals surface area contributed by atoms with Gasteiger partial charge in [-0.15, -0.1) is 0 Å². The number of rotatable bonds is 7. The largest absolute Gasteiger partial charge is 0.527 e. The highest BCUT2D eigenvalue weighted by Gasteiger charge is 2.44. The molecule has 1 saturated carbocycles. The van der Waals surface area contributed by atoms with E-state index in [1.54, 1.807) is 16.7 Å². The lowest BCUT2D eigenvalue weighted by molar-refractivity contribution is -0.00476. The Labute approximate surface area is 175 Å². The van der Waals surface area contributed by atoms with Crippen molar-refractivity contribution in [2.45, 2.75) is 12.5 Å². The molecule has 0 bridgehead atoms. The number of phosphoric acid groups is 1. The smallest absolute Gasteiger partial charge is 0.404 e. The summed E-state index contributed by atoms with van der Waals surface area (Å²) in [4.78, 5) is 32.6. The Morgan fingerprint density at radius 2 is 2.23 bits per heavy atom. The zero-order valence-corrected chi connectivity index (χ0v) is 17.2. The number of aromatic nitrogens is 4. The number of phosphoric ester groups is 1. The number of imidazole rings is 1. The van der Waals surface area contributed by atoms with Crippen LogP contribution >= 0.6 is 19.4 Å². The number of anilines is 1. The van der Waals surface area contributed by atoms with Gasteiger partial charge in [-0.1, -0.05) is 17.7 Å². The minimum absolute atomic E-state index is 0.0464. The van der Waals surface area contributed by atoms with Crippen LogP contribution in [0.25, 0.3) is 11.2 Å². The molecule has 4 rings (SSSR count). The molecule has 1 fully saturated rings. The molecule has 2 aromatic heterocycles. The van der Waals surface area contributed by atoms with E-state index in [-0.39, 0.29) is 48.3 Å². The molecular weight excluding hydrogens is 437 g/mol. The summed E-state index contributed by atoms with van der Waals surface area (Å²) in [6.07, 6.45) is 2.01.